The number of amides is 1. The maximum Gasteiger partial charge on any atom is 0.309 e. The van der Waals surface area contributed by atoms with Crippen LogP contribution in [0.15, 0.2) is 71.9 Å². The van der Waals surface area contributed by atoms with Crippen LogP contribution in [0.4, 0.5) is 0 Å². The van der Waals surface area contributed by atoms with Crippen LogP contribution in [0.2, 0.25) is 5.02 Å². The molecule has 2 aromatic carbocycles. The van der Waals surface area contributed by atoms with Crippen LogP contribution >= 0.6 is 11.6 Å². The molecule has 67 heavy (non-hydrogen) atoms. The standard InChI is InChI=1S/C57H74ClN3O6/c1-33(2)45-41(62)30-57(61-50(65)53(7,8)49-59-31-40(60-49)35-17-19-36(58)20-18-35)28-27-55(10)37(46(45)57)21-22-43-54(9)25-24-44(52(5,6)42(54)23-26-56(43,55)11)67-48(64)39-29-38(51(39,3)4)47(63)66-32-34-15-13-12-14-16-34/h12-20,31,33,37-39,42-44H,21-30,32H2,1-11H3,(H,59,60)(H,61,65)/t37-,38+,39-,42+,43-,44+,54+,55-,56-,57-/m1/s1. The van der Waals surface area contributed by atoms with Gasteiger partial charge in [0.05, 0.1) is 29.3 Å². The second-order valence-electron chi connectivity index (χ2n) is 24.6. The molecule has 9 rings (SSSR count). The van der Waals surface area contributed by atoms with Crippen LogP contribution in [0.1, 0.15) is 152 Å². The SMILES string of the molecule is CC(C)C1=C2[C@H]3CC[C@@H]4[C@@]5(C)CC[C@H](OC(=O)[C@H]6C[C@@H](C(=O)OCc7ccccc7)C6(C)C)C(C)(C)[C@@H]5CC[C@@]4(C)[C@]3(C)CC[C@@]2(NC(=O)C(C)(C)c2ncc(-c3ccc(Cl)cc3)[nH]2)CC1=O. The molecule has 2 N–H and O–H groups in total. The maximum atomic E-state index is 14.8. The monoisotopic (exact) mass is 932 g/mol. The molecular formula is C57H74ClN3O6. The highest BCUT2D eigenvalue weighted by Gasteiger charge is 2.71. The molecule has 1 heterocycles. The summed E-state index contributed by atoms with van der Waals surface area (Å²) in [5.74, 6) is 0.548. The molecule has 5 saturated carbocycles. The second kappa shape index (κ2) is 16.4. The normalized spacial score (nSPS) is 35.1. The van der Waals surface area contributed by atoms with Crippen LogP contribution in [0.3, 0.4) is 0 Å². The Bertz CT molecular complexity index is 2490. The molecule has 360 valence electrons. The Morgan fingerprint density at radius 3 is 2.18 bits per heavy atom. The zero-order valence-corrected chi connectivity index (χ0v) is 42.6. The third kappa shape index (κ3) is 7.39. The molecule has 0 radical (unpaired) electrons. The predicted octanol–water partition coefficient (Wildman–Crippen LogP) is 12.2. The topological polar surface area (TPSA) is 127 Å². The number of nitrogens with one attached hydrogen (secondary N) is 2. The van der Waals surface area contributed by atoms with Crippen molar-refractivity contribution in [2.24, 2.45) is 62.6 Å². The highest BCUT2D eigenvalue weighted by Crippen LogP contribution is 2.76. The van der Waals surface area contributed by atoms with E-state index in [9.17, 15) is 19.2 Å². The number of esters is 2. The van der Waals surface area contributed by atoms with E-state index in [2.05, 4.69) is 58.8 Å². The van der Waals surface area contributed by atoms with Gasteiger partial charge in [-0.25, -0.2) is 4.98 Å². The molecule has 0 spiro atoms. The van der Waals surface area contributed by atoms with Crippen molar-refractivity contribution in [3.63, 3.8) is 0 Å². The van der Waals surface area contributed by atoms with Crippen LogP contribution < -0.4 is 5.32 Å². The number of halogens is 1. The van der Waals surface area contributed by atoms with Crippen LogP contribution in [-0.2, 0) is 40.7 Å². The summed E-state index contributed by atoms with van der Waals surface area (Å²) in [7, 11) is 0. The van der Waals surface area contributed by atoms with Gasteiger partial charge in [0, 0.05) is 16.9 Å². The summed E-state index contributed by atoms with van der Waals surface area (Å²) < 4.78 is 12.3. The van der Waals surface area contributed by atoms with Gasteiger partial charge in [-0.3, -0.25) is 19.2 Å². The highest BCUT2D eigenvalue weighted by molar-refractivity contribution is 6.30. The number of hydrogen-bond donors (Lipinski definition) is 2. The Labute approximate surface area is 403 Å². The van der Waals surface area contributed by atoms with Gasteiger partial charge in [-0.15, -0.1) is 0 Å². The number of hydrogen-bond acceptors (Lipinski definition) is 7. The number of benzene rings is 2. The van der Waals surface area contributed by atoms with Gasteiger partial charge in [0.25, 0.3) is 0 Å². The Balaban J connectivity index is 0.915. The van der Waals surface area contributed by atoms with E-state index in [1.54, 1.807) is 6.20 Å². The van der Waals surface area contributed by atoms with E-state index in [-0.39, 0.29) is 81.7 Å². The number of nitrogens with zero attached hydrogens (tertiary/aromatic N) is 1. The number of rotatable bonds is 10. The van der Waals surface area contributed by atoms with Crippen molar-refractivity contribution < 1.29 is 28.7 Å². The number of carbonyl (C=O) groups is 4. The summed E-state index contributed by atoms with van der Waals surface area (Å²) in [6.45, 7) is 24.7. The molecule has 1 aromatic heterocycles. The number of aromatic nitrogens is 2. The molecule has 10 heteroatoms. The van der Waals surface area contributed by atoms with Crippen molar-refractivity contribution in [2.45, 2.75) is 164 Å². The first-order valence-electron chi connectivity index (χ1n) is 25.2. The number of Topliss-reactive ketones (excluding diaryl/α,β-unsaturated/α-hetero) is 1. The van der Waals surface area contributed by atoms with E-state index in [1.165, 1.54) is 5.57 Å². The van der Waals surface area contributed by atoms with Crippen molar-refractivity contribution >= 4 is 35.2 Å². The van der Waals surface area contributed by atoms with E-state index in [0.717, 1.165) is 73.8 Å². The predicted molar refractivity (Wildman–Crippen MR) is 261 cm³/mol. The lowest BCUT2D eigenvalue weighted by atomic mass is 9.33. The van der Waals surface area contributed by atoms with Gasteiger partial charge in [0.15, 0.2) is 5.78 Å². The van der Waals surface area contributed by atoms with E-state index < -0.39 is 16.4 Å². The average Bonchev–Trinajstić information content (AvgIpc) is 3.88. The minimum Gasteiger partial charge on any atom is -0.462 e. The van der Waals surface area contributed by atoms with E-state index in [4.69, 9.17) is 26.1 Å². The summed E-state index contributed by atoms with van der Waals surface area (Å²) in [5, 5.41) is 4.26. The fourth-order valence-electron chi connectivity index (χ4n) is 15.6. The summed E-state index contributed by atoms with van der Waals surface area (Å²) in [4.78, 5) is 64.6. The van der Waals surface area contributed by atoms with E-state index in [1.807, 2.05) is 82.3 Å². The Morgan fingerprint density at radius 1 is 0.821 bits per heavy atom. The first-order chi connectivity index (χ1) is 31.4. The van der Waals surface area contributed by atoms with Gasteiger partial charge in [-0.05, 0) is 151 Å². The summed E-state index contributed by atoms with van der Waals surface area (Å²) in [5.41, 5.74) is 2.30. The first-order valence-corrected chi connectivity index (χ1v) is 25.6. The minimum atomic E-state index is -0.987. The smallest absolute Gasteiger partial charge is 0.309 e. The molecule has 0 aliphatic heterocycles. The maximum absolute atomic E-state index is 14.8. The first kappa shape index (κ1) is 47.8. The number of fused-ring (bicyclic) bond motifs is 7. The van der Waals surface area contributed by atoms with Crippen molar-refractivity contribution in [1.82, 2.24) is 15.3 Å². The third-order valence-electron chi connectivity index (χ3n) is 19.9. The van der Waals surface area contributed by atoms with Crippen molar-refractivity contribution in [3.8, 4) is 11.3 Å². The minimum absolute atomic E-state index is 0.00322. The van der Waals surface area contributed by atoms with Crippen molar-refractivity contribution in [1.29, 1.82) is 0 Å². The fourth-order valence-corrected chi connectivity index (χ4v) is 15.7. The third-order valence-corrected chi connectivity index (χ3v) is 20.2. The molecule has 10 atom stereocenters. The van der Waals surface area contributed by atoms with Gasteiger partial charge < -0.3 is 19.8 Å². The molecule has 3 aromatic rings. The summed E-state index contributed by atoms with van der Waals surface area (Å²) in [6, 6.07) is 17.3. The molecule has 0 bridgehead atoms. The number of H-pyrrole nitrogens is 1. The number of ether oxygens (including phenoxy) is 2. The molecule has 1 amide bonds. The lowest BCUT2D eigenvalue weighted by Gasteiger charge is -2.72. The molecular weight excluding hydrogens is 858 g/mol. The lowest BCUT2D eigenvalue weighted by Crippen LogP contribution is -2.67. The molecule has 9 nitrogen and oxygen atoms in total. The van der Waals surface area contributed by atoms with Crippen molar-refractivity contribution in [2.75, 3.05) is 0 Å². The molecule has 6 aliphatic rings. The van der Waals surface area contributed by atoms with Crippen LogP contribution in [0.5, 0.6) is 0 Å². The van der Waals surface area contributed by atoms with Gasteiger partial charge in [-0.2, -0.15) is 0 Å². The Kier molecular flexibility index (Phi) is 11.7. The Hall–Kier alpha value is -4.24. The van der Waals surface area contributed by atoms with Gasteiger partial charge >= 0.3 is 11.9 Å². The van der Waals surface area contributed by atoms with Crippen LogP contribution in [0.25, 0.3) is 11.3 Å². The van der Waals surface area contributed by atoms with E-state index in [0.29, 0.717) is 35.5 Å². The molecule has 6 aliphatic carbocycles. The van der Waals surface area contributed by atoms with Gasteiger partial charge in [-0.1, -0.05) is 116 Å². The zero-order valence-electron chi connectivity index (χ0n) is 41.9. The number of aromatic amines is 1. The Morgan fingerprint density at radius 2 is 1.51 bits per heavy atom. The quantitative estimate of drug-likeness (QED) is 0.194. The van der Waals surface area contributed by atoms with Gasteiger partial charge in [0.2, 0.25) is 5.91 Å². The van der Waals surface area contributed by atoms with Crippen molar-refractivity contribution in [3.05, 3.63) is 88.4 Å². The number of ketones is 1. The van der Waals surface area contributed by atoms with Crippen LogP contribution in [0, 0.1) is 62.6 Å². The lowest BCUT2D eigenvalue weighted by molar-refractivity contribution is -0.235. The van der Waals surface area contributed by atoms with E-state index >= 15 is 0 Å². The second-order valence-corrected chi connectivity index (χ2v) is 25.0. The van der Waals surface area contributed by atoms with Gasteiger partial charge in [0.1, 0.15) is 24.0 Å². The highest BCUT2D eigenvalue weighted by atomic mass is 35.5. The summed E-state index contributed by atoms with van der Waals surface area (Å²) in [6.07, 6.45) is 9.93. The number of carbonyl (C=O) groups excluding carboxylic acids is 4. The number of imidazole rings is 1. The largest absolute Gasteiger partial charge is 0.462 e. The molecule has 5 fully saturated rings. The zero-order chi connectivity index (χ0) is 48.3. The van der Waals surface area contributed by atoms with Crippen LogP contribution in [-0.4, -0.2) is 45.2 Å². The number of allylic oxidation sites excluding steroid dienone is 1. The summed E-state index contributed by atoms with van der Waals surface area (Å²) >= 11 is 6.17. The fraction of sp³-hybridized carbons (Fsp3) is 0.632. The molecule has 0 saturated heterocycles. The average molecular weight is 933 g/mol. The molecule has 0 unspecified atom stereocenters.